The molecule has 0 unspecified atom stereocenters. The Morgan fingerprint density at radius 3 is 2.50 bits per heavy atom. The third-order valence-electron chi connectivity index (χ3n) is 2.93. The summed E-state index contributed by atoms with van der Waals surface area (Å²) >= 11 is 0. The molecule has 1 aromatic carbocycles. The molecular weight excluding hydrogens is 252 g/mol. The fourth-order valence-electron chi connectivity index (χ4n) is 1.79. The van der Waals surface area contributed by atoms with Crippen LogP contribution in [0.15, 0.2) is 49.3 Å². The lowest BCUT2D eigenvalue weighted by Crippen LogP contribution is -2.13. The lowest BCUT2D eigenvalue weighted by atomic mass is 10.1. The van der Waals surface area contributed by atoms with E-state index < -0.39 is 0 Å². The smallest absolute Gasteiger partial charge is 0.224 e. The summed E-state index contributed by atoms with van der Waals surface area (Å²) in [5.41, 5.74) is 2.31. The minimum Gasteiger partial charge on any atom is -0.367 e. The first kappa shape index (κ1) is 13.8. The number of hydrogen-bond acceptors (Lipinski definition) is 2. The molecule has 4 nitrogen and oxygen atoms in total. The maximum Gasteiger partial charge on any atom is 0.224 e. The number of carbonyl (C=O) groups excluding carboxylic acids is 2. The zero-order chi connectivity index (χ0) is 14.4. The Labute approximate surface area is 117 Å². The first-order valence-corrected chi connectivity index (χ1v) is 6.37. The molecule has 0 aliphatic carbocycles. The van der Waals surface area contributed by atoms with Gasteiger partial charge in [-0.25, -0.2) is 0 Å². The predicted molar refractivity (Wildman–Crippen MR) is 79.5 cm³/mol. The molecule has 0 fully saturated rings. The molecular formula is C16H16N2O2. The van der Waals surface area contributed by atoms with Gasteiger partial charge >= 0.3 is 0 Å². The summed E-state index contributed by atoms with van der Waals surface area (Å²) in [6, 6.07) is 9.06. The SMILES string of the molecule is C=Cc1ccc(NC(=O)CCC(=O)c2cc[nH]c2)cc1. The largest absolute Gasteiger partial charge is 0.367 e. The molecule has 0 saturated heterocycles. The molecule has 1 aromatic heterocycles. The van der Waals surface area contributed by atoms with Gasteiger partial charge in [0.2, 0.25) is 5.91 Å². The Morgan fingerprint density at radius 2 is 1.90 bits per heavy atom. The Bertz CT molecular complexity index is 598. The zero-order valence-electron chi connectivity index (χ0n) is 11.1. The number of Topliss-reactive ketones (excluding diaryl/α,β-unsaturated/α-hetero) is 1. The number of aromatic nitrogens is 1. The highest BCUT2D eigenvalue weighted by molar-refractivity contribution is 5.99. The van der Waals surface area contributed by atoms with Gasteiger partial charge in [0.25, 0.3) is 0 Å². The van der Waals surface area contributed by atoms with Gasteiger partial charge in [0, 0.05) is 36.5 Å². The Balaban J connectivity index is 1.83. The first-order valence-electron chi connectivity index (χ1n) is 6.37. The van der Waals surface area contributed by atoms with Crippen LogP contribution in [0.2, 0.25) is 0 Å². The average Bonchev–Trinajstić information content (AvgIpc) is 3.00. The molecule has 2 aromatic rings. The van der Waals surface area contributed by atoms with E-state index in [4.69, 9.17) is 0 Å². The third-order valence-corrected chi connectivity index (χ3v) is 2.93. The number of rotatable bonds is 6. The lowest BCUT2D eigenvalue weighted by molar-refractivity contribution is -0.116. The number of ketones is 1. The van der Waals surface area contributed by atoms with E-state index in [-0.39, 0.29) is 24.5 Å². The van der Waals surface area contributed by atoms with Crippen LogP contribution in [0.5, 0.6) is 0 Å². The quantitative estimate of drug-likeness (QED) is 0.790. The molecule has 0 spiro atoms. The van der Waals surface area contributed by atoms with Gasteiger partial charge in [0.05, 0.1) is 0 Å². The summed E-state index contributed by atoms with van der Waals surface area (Å²) < 4.78 is 0. The molecule has 0 aliphatic heterocycles. The molecule has 1 amide bonds. The van der Waals surface area contributed by atoms with Crippen LogP contribution in [0.1, 0.15) is 28.8 Å². The molecule has 2 rings (SSSR count). The van der Waals surface area contributed by atoms with Crippen LogP contribution in [-0.2, 0) is 4.79 Å². The normalized spacial score (nSPS) is 10.0. The number of nitrogens with one attached hydrogen (secondary N) is 2. The first-order chi connectivity index (χ1) is 9.69. The van der Waals surface area contributed by atoms with Gasteiger partial charge in [-0.2, -0.15) is 0 Å². The van der Waals surface area contributed by atoms with E-state index in [0.29, 0.717) is 5.56 Å². The highest BCUT2D eigenvalue weighted by Gasteiger charge is 2.09. The van der Waals surface area contributed by atoms with Crippen LogP contribution in [-0.4, -0.2) is 16.7 Å². The maximum atomic E-state index is 11.7. The van der Waals surface area contributed by atoms with Crippen LogP contribution < -0.4 is 5.32 Å². The molecule has 0 bridgehead atoms. The monoisotopic (exact) mass is 268 g/mol. The van der Waals surface area contributed by atoms with Crippen LogP contribution in [0, 0.1) is 0 Å². The van der Waals surface area contributed by atoms with E-state index in [1.165, 1.54) is 0 Å². The van der Waals surface area contributed by atoms with Crippen molar-refractivity contribution in [2.45, 2.75) is 12.8 Å². The van der Waals surface area contributed by atoms with Gasteiger partial charge in [0.1, 0.15) is 0 Å². The number of carbonyl (C=O) groups is 2. The Hall–Kier alpha value is -2.62. The van der Waals surface area contributed by atoms with Gasteiger partial charge in [-0.15, -0.1) is 0 Å². The highest BCUT2D eigenvalue weighted by Crippen LogP contribution is 2.11. The molecule has 4 heteroatoms. The molecule has 0 radical (unpaired) electrons. The second-order valence-corrected chi connectivity index (χ2v) is 4.40. The molecule has 0 aliphatic rings. The van der Waals surface area contributed by atoms with Crippen LogP contribution in [0.25, 0.3) is 6.08 Å². The Kier molecular flexibility index (Phi) is 4.50. The molecule has 20 heavy (non-hydrogen) atoms. The summed E-state index contributed by atoms with van der Waals surface area (Å²) in [5, 5.41) is 2.76. The fraction of sp³-hybridized carbons (Fsp3) is 0.125. The van der Waals surface area contributed by atoms with Crippen molar-refractivity contribution in [3.05, 3.63) is 60.4 Å². The van der Waals surface area contributed by atoms with E-state index in [1.54, 1.807) is 24.5 Å². The number of anilines is 1. The van der Waals surface area contributed by atoms with Crippen molar-refractivity contribution in [3.8, 4) is 0 Å². The van der Waals surface area contributed by atoms with E-state index >= 15 is 0 Å². The van der Waals surface area contributed by atoms with Gasteiger partial charge in [-0.3, -0.25) is 9.59 Å². The zero-order valence-corrected chi connectivity index (χ0v) is 11.1. The maximum absolute atomic E-state index is 11.7. The van der Waals surface area contributed by atoms with Gasteiger partial charge in [-0.1, -0.05) is 24.8 Å². The van der Waals surface area contributed by atoms with Crippen molar-refractivity contribution in [1.82, 2.24) is 4.98 Å². The topological polar surface area (TPSA) is 62.0 Å². The number of benzene rings is 1. The van der Waals surface area contributed by atoms with Gasteiger partial charge < -0.3 is 10.3 Å². The molecule has 102 valence electrons. The lowest BCUT2D eigenvalue weighted by Gasteiger charge is -2.05. The van der Waals surface area contributed by atoms with Crippen LogP contribution >= 0.6 is 0 Å². The second kappa shape index (κ2) is 6.52. The van der Waals surface area contributed by atoms with Crippen LogP contribution in [0.4, 0.5) is 5.69 Å². The summed E-state index contributed by atoms with van der Waals surface area (Å²) in [6.45, 7) is 3.67. The summed E-state index contributed by atoms with van der Waals surface area (Å²) in [5.74, 6) is -0.205. The number of H-pyrrole nitrogens is 1. The Morgan fingerprint density at radius 1 is 1.15 bits per heavy atom. The predicted octanol–water partition coefficient (Wildman–Crippen LogP) is 3.26. The van der Waals surface area contributed by atoms with E-state index in [0.717, 1.165) is 11.3 Å². The fourth-order valence-corrected chi connectivity index (χ4v) is 1.79. The third kappa shape index (κ3) is 3.68. The van der Waals surface area contributed by atoms with E-state index in [1.807, 2.05) is 24.3 Å². The minimum atomic E-state index is -0.166. The van der Waals surface area contributed by atoms with Crippen molar-refractivity contribution in [2.75, 3.05) is 5.32 Å². The molecule has 0 saturated carbocycles. The number of aromatic amines is 1. The van der Waals surface area contributed by atoms with E-state index in [2.05, 4.69) is 16.9 Å². The minimum absolute atomic E-state index is 0.0385. The van der Waals surface area contributed by atoms with Crippen molar-refractivity contribution in [3.63, 3.8) is 0 Å². The molecule has 2 N–H and O–H groups in total. The van der Waals surface area contributed by atoms with E-state index in [9.17, 15) is 9.59 Å². The number of amides is 1. The number of hydrogen-bond donors (Lipinski definition) is 2. The second-order valence-electron chi connectivity index (χ2n) is 4.40. The highest BCUT2D eigenvalue weighted by atomic mass is 16.2. The van der Waals surface area contributed by atoms with Crippen molar-refractivity contribution >= 4 is 23.5 Å². The molecule has 1 heterocycles. The van der Waals surface area contributed by atoms with Gasteiger partial charge in [-0.05, 0) is 23.8 Å². The van der Waals surface area contributed by atoms with Gasteiger partial charge in [0.15, 0.2) is 5.78 Å². The van der Waals surface area contributed by atoms with Crippen molar-refractivity contribution in [1.29, 1.82) is 0 Å². The van der Waals surface area contributed by atoms with Crippen LogP contribution in [0.3, 0.4) is 0 Å². The average molecular weight is 268 g/mol. The summed E-state index contributed by atoms with van der Waals surface area (Å²) in [7, 11) is 0. The standard InChI is InChI=1S/C16H16N2O2/c1-2-12-3-5-14(6-4-12)18-16(20)8-7-15(19)13-9-10-17-11-13/h2-6,9-11,17H,1,7-8H2,(H,18,20). The summed E-state index contributed by atoms with van der Waals surface area (Å²) in [4.78, 5) is 26.3. The van der Waals surface area contributed by atoms with Crippen molar-refractivity contribution < 1.29 is 9.59 Å². The summed E-state index contributed by atoms with van der Waals surface area (Å²) in [6.07, 6.45) is 5.44. The van der Waals surface area contributed by atoms with Crippen molar-refractivity contribution in [2.24, 2.45) is 0 Å². The molecule has 0 atom stereocenters.